The van der Waals surface area contributed by atoms with E-state index in [1.54, 1.807) is 23.2 Å². The molecular formula is C12H20N4O2. The van der Waals surface area contributed by atoms with Crippen molar-refractivity contribution in [2.24, 2.45) is 5.84 Å². The van der Waals surface area contributed by atoms with Crippen LogP contribution in [-0.2, 0) is 4.74 Å². The van der Waals surface area contributed by atoms with Gasteiger partial charge in [0.05, 0.1) is 12.2 Å². The van der Waals surface area contributed by atoms with Crippen molar-refractivity contribution in [3.8, 4) is 0 Å². The fourth-order valence-electron chi connectivity index (χ4n) is 1.59. The van der Waals surface area contributed by atoms with Gasteiger partial charge in [0, 0.05) is 25.9 Å². The number of likely N-dealkylation sites (N-methyl/N-ethyl adjacent to an activating group) is 1. The number of pyridine rings is 1. The number of carbonyl (C=O) groups is 1. The van der Waals surface area contributed by atoms with Gasteiger partial charge in [0.25, 0.3) is 5.91 Å². The van der Waals surface area contributed by atoms with E-state index in [2.05, 4.69) is 10.4 Å². The molecule has 3 N–H and O–H groups in total. The Bertz CT molecular complexity index is 384. The molecule has 1 aromatic rings. The smallest absolute Gasteiger partial charge is 0.257 e. The molecule has 1 amide bonds. The van der Waals surface area contributed by atoms with Crippen LogP contribution in [0.5, 0.6) is 0 Å². The number of nitrogens with one attached hydrogen (secondary N) is 1. The molecule has 0 radical (unpaired) electrons. The van der Waals surface area contributed by atoms with E-state index >= 15 is 0 Å². The third-order valence-electron chi connectivity index (χ3n) is 2.55. The van der Waals surface area contributed by atoms with Crippen molar-refractivity contribution < 1.29 is 9.53 Å². The number of anilines is 1. The highest BCUT2D eigenvalue weighted by molar-refractivity contribution is 5.98. The van der Waals surface area contributed by atoms with Gasteiger partial charge in [0.15, 0.2) is 5.82 Å². The molecule has 0 fully saturated rings. The van der Waals surface area contributed by atoms with Crippen LogP contribution in [0.2, 0.25) is 0 Å². The van der Waals surface area contributed by atoms with Gasteiger partial charge in [0.2, 0.25) is 0 Å². The quantitative estimate of drug-likeness (QED) is 0.427. The highest BCUT2D eigenvalue weighted by atomic mass is 16.5. The number of rotatable bonds is 7. The molecule has 0 unspecified atom stereocenters. The molecule has 0 aliphatic carbocycles. The van der Waals surface area contributed by atoms with E-state index in [9.17, 15) is 4.79 Å². The number of hydrogen-bond donors (Lipinski definition) is 2. The van der Waals surface area contributed by atoms with Gasteiger partial charge in [-0.25, -0.2) is 10.8 Å². The maximum Gasteiger partial charge on any atom is 0.257 e. The molecule has 1 rings (SSSR count). The molecular weight excluding hydrogens is 232 g/mol. The fraction of sp³-hybridized carbons (Fsp3) is 0.500. The number of ether oxygens (including phenoxy) is 1. The van der Waals surface area contributed by atoms with Gasteiger partial charge in [0.1, 0.15) is 0 Å². The average molecular weight is 252 g/mol. The molecule has 0 spiro atoms. The predicted molar refractivity (Wildman–Crippen MR) is 70.1 cm³/mol. The first-order chi connectivity index (χ1) is 8.74. The van der Waals surface area contributed by atoms with Crippen LogP contribution in [0, 0.1) is 0 Å². The molecule has 18 heavy (non-hydrogen) atoms. The zero-order chi connectivity index (χ0) is 13.4. The fourth-order valence-corrected chi connectivity index (χ4v) is 1.59. The molecule has 6 nitrogen and oxygen atoms in total. The van der Waals surface area contributed by atoms with Crippen LogP contribution in [0.3, 0.4) is 0 Å². The molecule has 0 saturated carbocycles. The predicted octanol–water partition coefficient (Wildman–Crippen LogP) is 0.866. The van der Waals surface area contributed by atoms with Gasteiger partial charge < -0.3 is 15.1 Å². The number of nitrogens with two attached hydrogens (primary N) is 1. The Morgan fingerprint density at radius 2 is 2.33 bits per heavy atom. The Labute approximate surface area is 107 Å². The summed E-state index contributed by atoms with van der Waals surface area (Å²) in [5.41, 5.74) is 2.90. The molecule has 0 aliphatic rings. The zero-order valence-corrected chi connectivity index (χ0v) is 10.8. The summed E-state index contributed by atoms with van der Waals surface area (Å²) in [4.78, 5) is 18.0. The van der Waals surface area contributed by atoms with Gasteiger partial charge >= 0.3 is 0 Å². The van der Waals surface area contributed by atoms with Crippen LogP contribution in [0.1, 0.15) is 24.2 Å². The normalized spacial score (nSPS) is 10.2. The highest BCUT2D eigenvalue weighted by Gasteiger charge is 2.17. The van der Waals surface area contributed by atoms with Crippen molar-refractivity contribution >= 4 is 11.7 Å². The van der Waals surface area contributed by atoms with E-state index in [1.807, 2.05) is 13.8 Å². The molecule has 0 bridgehead atoms. The van der Waals surface area contributed by atoms with Crippen molar-refractivity contribution in [3.05, 3.63) is 23.9 Å². The number of nitrogen functional groups attached to an aromatic ring is 1. The highest BCUT2D eigenvalue weighted by Crippen LogP contribution is 2.12. The number of aromatic nitrogens is 1. The van der Waals surface area contributed by atoms with Crippen molar-refractivity contribution in [1.29, 1.82) is 0 Å². The van der Waals surface area contributed by atoms with Gasteiger partial charge in [-0.2, -0.15) is 0 Å². The van der Waals surface area contributed by atoms with Crippen LogP contribution in [0.15, 0.2) is 18.3 Å². The maximum atomic E-state index is 12.3. The first-order valence-electron chi connectivity index (χ1n) is 6.03. The Kier molecular flexibility index (Phi) is 6.10. The van der Waals surface area contributed by atoms with Crippen molar-refractivity contribution in [2.45, 2.75) is 13.8 Å². The van der Waals surface area contributed by atoms with Gasteiger partial charge in [-0.1, -0.05) is 0 Å². The van der Waals surface area contributed by atoms with E-state index in [0.717, 1.165) is 0 Å². The van der Waals surface area contributed by atoms with Crippen LogP contribution >= 0.6 is 0 Å². The summed E-state index contributed by atoms with van der Waals surface area (Å²) >= 11 is 0. The lowest BCUT2D eigenvalue weighted by Crippen LogP contribution is -2.34. The van der Waals surface area contributed by atoms with Crippen LogP contribution in [-0.4, -0.2) is 42.1 Å². The molecule has 0 aliphatic heterocycles. The average Bonchev–Trinajstić information content (AvgIpc) is 2.43. The van der Waals surface area contributed by atoms with Gasteiger partial charge in [-0.15, -0.1) is 0 Å². The standard InChI is InChI=1S/C12H20N4O2/c1-3-16(8-9-18-4-2)12(17)10-6-5-7-14-11(10)15-13/h5-7H,3-4,8-9,13H2,1-2H3,(H,14,15). The van der Waals surface area contributed by atoms with E-state index in [-0.39, 0.29) is 5.91 Å². The summed E-state index contributed by atoms with van der Waals surface area (Å²) in [7, 11) is 0. The summed E-state index contributed by atoms with van der Waals surface area (Å²) in [6, 6.07) is 3.42. The minimum atomic E-state index is -0.0988. The summed E-state index contributed by atoms with van der Waals surface area (Å²) in [6.45, 7) is 6.20. The number of amides is 1. The van der Waals surface area contributed by atoms with E-state index in [1.165, 1.54) is 0 Å². The molecule has 0 aromatic carbocycles. The second-order valence-corrected chi connectivity index (χ2v) is 3.63. The molecule has 1 aromatic heterocycles. The first kappa shape index (κ1) is 14.4. The van der Waals surface area contributed by atoms with Crippen molar-refractivity contribution in [1.82, 2.24) is 9.88 Å². The molecule has 100 valence electrons. The van der Waals surface area contributed by atoms with E-state index < -0.39 is 0 Å². The van der Waals surface area contributed by atoms with Gasteiger partial charge in [-0.3, -0.25) is 4.79 Å². The number of hydrazine groups is 1. The molecule has 1 heterocycles. The molecule has 0 saturated heterocycles. The Morgan fingerprint density at radius 3 is 2.94 bits per heavy atom. The Morgan fingerprint density at radius 1 is 1.56 bits per heavy atom. The monoisotopic (exact) mass is 252 g/mol. The Balaban J connectivity index is 2.76. The largest absolute Gasteiger partial charge is 0.380 e. The second-order valence-electron chi connectivity index (χ2n) is 3.63. The van der Waals surface area contributed by atoms with Gasteiger partial charge in [-0.05, 0) is 26.0 Å². The van der Waals surface area contributed by atoms with Crippen molar-refractivity contribution in [2.75, 3.05) is 31.7 Å². The van der Waals surface area contributed by atoms with Crippen LogP contribution in [0.25, 0.3) is 0 Å². The summed E-state index contributed by atoms with van der Waals surface area (Å²) in [6.07, 6.45) is 1.59. The van der Waals surface area contributed by atoms with Crippen molar-refractivity contribution in [3.63, 3.8) is 0 Å². The SMILES string of the molecule is CCOCCN(CC)C(=O)c1cccnc1NN. The van der Waals surface area contributed by atoms with Crippen LogP contribution < -0.4 is 11.3 Å². The number of carbonyl (C=O) groups excluding carboxylic acids is 1. The molecule has 6 heteroatoms. The first-order valence-corrected chi connectivity index (χ1v) is 6.03. The minimum Gasteiger partial charge on any atom is -0.380 e. The maximum absolute atomic E-state index is 12.3. The third kappa shape index (κ3) is 3.68. The number of nitrogens with zero attached hydrogens (tertiary/aromatic N) is 2. The lowest BCUT2D eigenvalue weighted by molar-refractivity contribution is 0.0669. The summed E-state index contributed by atoms with van der Waals surface area (Å²) < 4.78 is 5.26. The lowest BCUT2D eigenvalue weighted by atomic mass is 10.2. The molecule has 0 atom stereocenters. The topological polar surface area (TPSA) is 80.5 Å². The minimum absolute atomic E-state index is 0.0988. The number of hydrogen-bond acceptors (Lipinski definition) is 5. The third-order valence-corrected chi connectivity index (χ3v) is 2.55. The second kappa shape index (κ2) is 7.62. The summed E-state index contributed by atoms with van der Waals surface area (Å²) in [5, 5.41) is 0. The summed E-state index contributed by atoms with van der Waals surface area (Å²) in [5.74, 6) is 5.63. The van der Waals surface area contributed by atoms with Crippen LogP contribution in [0.4, 0.5) is 5.82 Å². The van der Waals surface area contributed by atoms with E-state index in [4.69, 9.17) is 10.6 Å². The lowest BCUT2D eigenvalue weighted by Gasteiger charge is -2.21. The van der Waals surface area contributed by atoms with E-state index in [0.29, 0.717) is 37.7 Å². The zero-order valence-electron chi connectivity index (χ0n) is 10.8. The Hall–Kier alpha value is -1.66.